The molecule has 0 amide bonds. The van der Waals surface area contributed by atoms with Gasteiger partial charge < -0.3 is 5.32 Å². The quantitative estimate of drug-likeness (QED) is 0.760. The fraction of sp³-hybridized carbons (Fsp3) is 1.00. The van der Waals surface area contributed by atoms with Crippen LogP contribution >= 0.6 is 0 Å². The van der Waals surface area contributed by atoms with Gasteiger partial charge in [-0.2, -0.15) is 0 Å². The van der Waals surface area contributed by atoms with Crippen molar-refractivity contribution in [2.75, 3.05) is 6.54 Å². The van der Waals surface area contributed by atoms with Crippen LogP contribution < -0.4 is 5.32 Å². The Labute approximate surface area is 102 Å². The Morgan fingerprint density at radius 3 is 2.38 bits per heavy atom. The van der Waals surface area contributed by atoms with Gasteiger partial charge in [0.1, 0.15) is 0 Å². The van der Waals surface area contributed by atoms with Gasteiger partial charge in [-0.15, -0.1) is 0 Å². The number of rotatable bonds is 4. The Hall–Kier alpha value is -0.0400. The fourth-order valence-corrected chi connectivity index (χ4v) is 2.47. The summed E-state index contributed by atoms with van der Waals surface area (Å²) in [6.45, 7) is 15.4. The van der Waals surface area contributed by atoms with Gasteiger partial charge >= 0.3 is 0 Å². The van der Waals surface area contributed by atoms with Crippen molar-refractivity contribution in [1.29, 1.82) is 0 Å². The maximum absolute atomic E-state index is 3.82. The minimum absolute atomic E-state index is 0.417. The number of nitrogens with one attached hydrogen (secondary N) is 1. The Morgan fingerprint density at radius 1 is 1.19 bits per heavy atom. The molecule has 0 aliphatic heterocycles. The van der Waals surface area contributed by atoms with Crippen LogP contribution in [0.4, 0.5) is 0 Å². The molecule has 1 nitrogen and oxygen atoms in total. The molecule has 1 rings (SSSR count). The van der Waals surface area contributed by atoms with Gasteiger partial charge in [-0.25, -0.2) is 0 Å². The van der Waals surface area contributed by atoms with Gasteiger partial charge in [0.25, 0.3) is 0 Å². The van der Waals surface area contributed by atoms with Gasteiger partial charge in [0, 0.05) is 12.6 Å². The van der Waals surface area contributed by atoms with Crippen LogP contribution in [0.25, 0.3) is 0 Å². The molecule has 0 saturated heterocycles. The average molecular weight is 225 g/mol. The normalized spacial score (nSPS) is 32.1. The molecule has 16 heavy (non-hydrogen) atoms. The molecule has 0 radical (unpaired) electrons. The molecular weight excluding hydrogens is 194 g/mol. The topological polar surface area (TPSA) is 12.0 Å². The third-order valence-electron chi connectivity index (χ3n) is 5.09. The molecule has 1 saturated carbocycles. The van der Waals surface area contributed by atoms with Gasteiger partial charge in [0.2, 0.25) is 0 Å². The number of hydrogen-bond acceptors (Lipinski definition) is 1. The lowest BCUT2D eigenvalue weighted by Crippen LogP contribution is -2.45. The minimum atomic E-state index is 0.417. The predicted octanol–water partition coefficient (Wildman–Crippen LogP) is 4.08. The van der Waals surface area contributed by atoms with Crippen molar-refractivity contribution in [3.05, 3.63) is 0 Å². The van der Waals surface area contributed by atoms with E-state index in [0.717, 1.165) is 30.3 Å². The van der Waals surface area contributed by atoms with Crippen LogP contribution in [-0.2, 0) is 0 Å². The summed E-state index contributed by atoms with van der Waals surface area (Å²) in [6, 6.07) is 0.752. The first-order chi connectivity index (χ1) is 7.34. The molecular formula is C15H31N. The summed E-state index contributed by atoms with van der Waals surface area (Å²) in [5.74, 6) is 2.49. The number of hydrogen-bond donors (Lipinski definition) is 1. The smallest absolute Gasteiger partial charge is 0.00954 e. The first-order valence-corrected chi connectivity index (χ1v) is 7.08. The van der Waals surface area contributed by atoms with Crippen molar-refractivity contribution in [2.24, 2.45) is 23.2 Å². The van der Waals surface area contributed by atoms with Crippen molar-refractivity contribution < 1.29 is 0 Å². The van der Waals surface area contributed by atoms with Gasteiger partial charge in [-0.05, 0) is 29.6 Å². The Morgan fingerprint density at radius 2 is 1.81 bits per heavy atom. The molecule has 1 aliphatic rings. The summed E-state index contributed by atoms with van der Waals surface area (Å²) in [6.07, 6.45) is 4.21. The minimum Gasteiger partial charge on any atom is -0.313 e. The molecule has 96 valence electrons. The monoisotopic (exact) mass is 225 g/mol. The standard InChI is InChI=1S/C15H31N/c1-11(2)15(5,6)10-16-14-9-7-8-12(3)13(14)4/h11-14,16H,7-10H2,1-6H3. The van der Waals surface area contributed by atoms with E-state index >= 15 is 0 Å². The highest BCUT2D eigenvalue weighted by molar-refractivity contribution is 4.85. The zero-order valence-electron chi connectivity index (χ0n) is 12.1. The van der Waals surface area contributed by atoms with Crippen LogP contribution in [0.5, 0.6) is 0 Å². The molecule has 3 atom stereocenters. The third kappa shape index (κ3) is 3.48. The lowest BCUT2D eigenvalue weighted by atomic mass is 9.76. The first-order valence-electron chi connectivity index (χ1n) is 7.08. The zero-order chi connectivity index (χ0) is 12.3. The van der Waals surface area contributed by atoms with Gasteiger partial charge in [0.15, 0.2) is 0 Å². The van der Waals surface area contributed by atoms with Crippen LogP contribution in [0.1, 0.15) is 60.8 Å². The van der Waals surface area contributed by atoms with E-state index in [0.29, 0.717) is 5.41 Å². The van der Waals surface area contributed by atoms with Gasteiger partial charge in [-0.3, -0.25) is 0 Å². The molecule has 0 aromatic heterocycles. The highest BCUT2D eigenvalue weighted by Crippen LogP contribution is 2.31. The van der Waals surface area contributed by atoms with Crippen molar-refractivity contribution in [3.8, 4) is 0 Å². The van der Waals surface area contributed by atoms with Crippen molar-refractivity contribution >= 4 is 0 Å². The average Bonchev–Trinajstić information content (AvgIpc) is 2.20. The van der Waals surface area contributed by atoms with E-state index in [1.165, 1.54) is 19.3 Å². The highest BCUT2D eigenvalue weighted by Gasteiger charge is 2.29. The molecule has 3 unspecified atom stereocenters. The van der Waals surface area contributed by atoms with Crippen molar-refractivity contribution in [3.63, 3.8) is 0 Å². The Bertz CT molecular complexity index is 207. The second kappa shape index (κ2) is 5.53. The maximum atomic E-state index is 3.82. The fourth-order valence-electron chi connectivity index (χ4n) is 2.47. The van der Waals surface area contributed by atoms with Crippen LogP contribution in [0.3, 0.4) is 0 Å². The van der Waals surface area contributed by atoms with E-state index in [2.05, 4.69) is 46.9 Å². The first kappa shape index (κ1) is 14.0. The van der Waals surface area contributed by atoms with E-state index in [1.54, 1.807) is 0 Å². The predicted molar refractivity (Wildman–Crippen MR) is 72.6 cm³/mol. The van der Waals surface area contributed by atoms with Crippen LogP contribution in [0.15, 0.2) is 0 Å². The summed E-state index contributed by atoms with van der Waals surface area (Å²) in [4.78, 5) is 0. The molecule has 0 aromatic carbocycles. The van der Waals surface area contributed by atoms with E-state index in [4.69, 9.17) is 0 Å². The van der Waals surface area contributed by atoms with Gasteiger partial charge in [0.05, 0.1) is 0 Å². The lowest BCUT2D eigenvalue weighted by Gasteiger charge is -2.38. The van der Waals surface area contributed by atoms with Crippen LogP contribution in [0, 0.1) is 23.2 Å². The Kier molecular flexibility index (Phi) is 4.85. The summed E-state index contributed by atoms with van der Waals surface area (Å²) in [7, 11) is 0. The SMILES string of the molecule is CC1CCCC(NCC(C)(C)C(C)C)C1C. The molecule has 0 bridgehead atoms. The summed E-state index contributed by atoms with van der Waals surface area (Å²) < 4.78 is 0. The lowest BCUT2D eigenvalue weighted by molar-refractivity contribution is 0.167. The molecule has 1 fully saturated rings. The zero-order valence-corrected chi connectivity index (χ0v) is 12.1. The van der Waals surface area contributed by atoms with E-state index in [1.807, 2.05) is 0 Å². The molecule has 0 spiro atoms. The molecule has 1 heteroatoms. The molecule has 1 aliphatic carbocycles. The summed E-state index contributed by atoms with van der Waals surface area (Å²) in [5.41, 5.74) is 0.417. The molecule has 0 aromatic rings. The second-order valence-corrected chi connectivity index (χ2v) is 6.90. The Balaban J connectivity index is 2.42. The van der Waals surface area contributed by atoms with E-state index in [9.17, 15) is 0 Å². The van der Waals surface area contributed by atoms with Crippen LogP contribution in [0.2, 0.25) is 0 Å². The van der Waals surface area contributed by atoms with Crippen molar-refractivity contribution in [2.45, 2.75) is 66.8 Å². The highest BCUT2D eigenvalue weighted by atomic mass is 14.9. The van der Waals surface area contributed by atoms with Crippen molar-refractivity contribution in [1.82, 2.24) is 5.32 Å². The summed E-state index contributed by atoms with van der Waals surface area (Å²) in [5, 5.41) is 3.82. The third-order valence-corrected chi connectivity index (χ3v) is 5.09. The largest absolute Gasteiger partial charge is 0.313 e. The van der Waals surface area contributed by atoms with E-state index < -0.39 is 0 Å². The van der Waals surface area contributed by atoms with Crippen LogP contribution in [-0.4, -0.2) is 12.6 Å². The second-order valence-electron chi connectivity index (χ2n) is 6.90. The maximum Gasteiger partial charge on any atom is 0.00954 e. The molecule has 1 N–H and O–H groups in total. The summed E-state index contributed by atoms with van der Waals surface area (Å²) >= 11 is 0. The van der Waals surface area contributed by atoms with Gasteiger partial charge in [-0.1, -0.05) is 54.4 Å². The molecule has 0 heterocycles. The van der Waals surface area contributed by atoms with E-state index in [-0.39, 0.29) is 0 Å².